The third-order valence-electron chi connectivity index (χ3n) is 3.31. The molecule has 2 rings (SSSR count). The normalized spacial score (nSPS) is 11.5. The Hall–Kier alpha value is -0.673. The van der Waals surface area contributed by atoms with Crippen molar-refractivity contribution in [2.45, 2.75) is 26.2 Å². The van der Waals surface area contributed by atoms with Crippen LogP contribution < -0.4 is 10.5 Å². The van der Waals surface area contributed by atoms with E-state index in [0.717, 1.165) is 5.69 Å². The molecule has 21 heavy (non-hydrogen) atoms. The molecule has 0 heterocycles. The average Bonchev–Trinajstić information content (AvgIpc) is 2.41. The Bertz CT molecular complexity index is 633. The Labute approximate surface area is 142 Å². The van der Waals surface area contributed by atoms with Gasteiger partial charge in [0.1, 0.15) is 0 Å². The number of halogens is 3. The molecule has 2 aromatic carbocycles. The van der Waals surface area contributed by atoms with Gasteiger partial charge in [0.2, 0.25) is 0 Å². The van der Waals surface area contributed by atoms with Crippen LogP contribution in [-0.2, 0) is 6.54 Å². The van der Waals surface area contributed by atoms with E-state index >= 15 is 0 Å². The molecule has 0 amide bonds. The first kappa shape index (κ1) is 16.7. The molecule has 0 spiro atoms. The molecular weight excluding hydrogens is 341 g/mol. The Balaban J connectivity index is 2.08. The smallest absolute Gasteiger partial charge is 0.0775 e. The zero-order valence-electron chi connectivity index (χ0n) is 12.3. The maximum Gasteiger partial charge on any atom is 0.0775 e. The minimum atomic E-state index is -1.24. The maximum atomic E-state index is 6.15. The summed E-state index contributed by atoms with van der Waals surface area (Å²) in [4.78, 5) is 0. The topological polar surface area (TPSA) is 12.0 Å². The molecule has 0 fully saturated rings. The van der Waals surface area contributed by atoms with Crippen LogP contribution in [0.4, 0.5) is 5.69 Å². The predicted octanol–water partition coefficient (Wildman–Crippen LogP) is 5.80. The van der Waals surface area contributed by atoms with Crippen LogP contribution in [0.25, 0.3) is 0 Å². The monoisotopic (exact) mass is 357 g/mol. The third-order valence-corrected chi connectivity index (χ3v) is 6.41. The Morgan fingerprint density at radius 1 is 0.857 bits per heavy atom. The van der Waals surface area contributed by atoms with E-state index in [1.807, 2.05) is 0 Å². The summed E-state index contributed by atoms with van der Waals surface area (Å²) in [7, 11) is -1.24. The lowest BCUT2D eigenvalue weighted by Gasteiger charge is -2.17. The first-order chi connectivity index (χ1) is 9.77. The molecule has 0 aromatic heterocycles. The highest BCUT2D eigenvalue weighted by molar-refractivity contribution is 6.88. The minimum absolute atomic E-state index is 0.465. The molecule has 0 aliphatic rings. The zero-order chi connectivity index (χ0) is 15.6. The van der Waals surface area contributed by atoms with Gasteiger partial charge in [-0.05, 0) is 17.7 Å². The lowest BCUT2D eigenvalue weighted by molar-refractivity contribution is 1.15. The number of nitrogens with one attached hydrogen (secondary N) is 1. The molecule has 0 bridgehead atoms. The predicted molar refractivity (Wildman–Crippen MR) is 98.2 cm³/mol. The van der Waals surface area contributed by atoms with Crippen LogP contribution in [-0.4, -0.2) is 8.07 Å². The van der Waals surface area contributed by atoms with E-state index in [-0.39, 0.29) is 0 Å². The van der Waals surface area contributed by atoms with Crippen molar-refractivity contribution in [3.05, 3.63) is 57.0 Å². The summed E-state index contributed by atoms with van der Waals surface area (Å²) in [6.45, 7) is 7.73. The second kappa shape index (κ2) is 6.61. The lowest BCUT2D eigenvalue weighted by atomic mass is 10.2. The summed E-state index contributed by atoms with van der Waals surface area (Å²) < 4.78 is 0. The van der Waals surface area contributed by atoms with Crippen molar-refractivity contribution in [3.8, 4) is 0 Å². The highest BCUT2D eigenvalue weighted by Gasteiger charge is 2.15. The van der Waals surface area contributed by atoms with Gasteiger partial charge >= 0.3 is 0 Å². The number of hydrogen-bond acceptors (Lipinski definition) is 1. The standard InChI is InChI=1S/C16H18Cl3NSi/c1-21(2,3)12-6-4-11(5-7-12)10-20-16-9-14(18)13(17)8-15(16)19/h4-9,20H,10H2,1-3H3. The zero-order valence-corrected chi connectivity index (χ0v) is 15.6. The number of rotatable bonds is 4. The lowest BCUT2D eigenvalue weighted by Crippen LogP contribution is -2.37. The summed E-state index contributed by atoms with van der Waals surface area (Å²) >= 11 is 18.1. The van der Waals surface area contributed by atoms with Crippen LogP contribution in [0.3, 0.4) is 0 Å². The van der Waals surface area contributed by atoms with Crippen molar-refractivity contribution in [3.63, 3.8) is 0 Å². The summed E-state index contributed by atoms with van der Waals surface area (Å²) in [5.74, 6) is 0. The van der Waals surface area contributed by atoms with E-state index in [1.165, 1.54) is 10.8 Å². The SMILES string of the molecule is C[Si](C)(C)c1ccc(CNc2cc(Cl)c(Cl)cc2Cl)cc1. The van der Waals surface area contributed by atoms with Gasteiger partial charge in [0.25, 0.3) is 0 Å². The second-order valence-corrected chi connectivity index (χ2v) is 12.3. The highest BCUT2D eigenvalue weighted by atomic mass is 35.5. The fourth-order valence-electron chi connectivity index (χ4n) is 1.98. The van der Waals surface area contributed by atoms with Crippen LogP contribution in [0.5, 0.6) is 0 Å². The van der Waals surface area contributed by atoms with E-state index in [4.69, 9.17) is 34.8 Å². The van der Waals surface area contributed by atoms with Gasteiger partial charge in [0.15, 0.2) is 0 Å². The van der Waals surface area contributed by atoms with Crippen LogP contribution in [0, 0.1) is 0 Å². The van der Waals surface area contributed by atoms with Crippen molar-refractivity contribution in [1.82, 2.24) is 0 Å². The molecule has 1 N–H and O–H groups in total. The van der Waals surface area contributed by atoms with Crippen LogP contribution >= 0.6 is 34.8 Å². The van der Waals surface area contributed by atoms with Gasteiger partial charge in [-0.25, -0.2) is 0 Å². The number of anilines is 1. The Morgan fingerprint density at radius 3 is 2.00 bits per heavy atom. The maximum absolute atomic E-state index is 6.15. The Kier molecular flexibility index (Phi) is 5.26. The fraction of sp³-hybridized carbons (Fsp3) is 0.250. The van der Waals surface area contributed by atoms with Crippen molar-refractivity contribution in [1.29, 1.82) is 0 Å². The minimum Gasteiger partial charge on any atom is -0.380 e. The van der Waals surface area contributed by atoms with Gasteiger partial charge < -0.3 is 5.32 Å². The molecule has 0 aliphatic heterocycles. The summed E-state index contributed by atoms with van der Waals surface area (Å²) in [6, 6.07) is 12.2. The quantitative estimate of drug-likeness (QED) is 0.537. The van der Waals surface area contributed by atoms with Crippen molar-refractivity contribution in [2.24, 2.45) is 0 Å². The van der Waals surface area contributed by atoms with Crippen molar-refractivity contribution >= 4 is 53.8 Å². The molecule has 0 atom stereocenters. The molecule has 0 unspecified atom stereocenters. The molecule has 0 saturated heterocycles. The number of hydrogen-bond donors (Lipinski definition) is 1. The van der Waals surface area contributed by atoms with Crippen LogP contribution in [0.1, 0.15) is 5.56 Å². The summed E-state index contributed by atoms with van der Waals surface area (Å²) in [5, 5.41) is 6.28. The van der Waals surface area contributed by atoms with Gasteiger partial charge in [-0.1, -0.05) is 83.9 Å². The molecule has 2 aromatic rings. The van der Waals surface area contributed by atoms with E-state index in [0.29, 0.717) is 21.6 Å². The molecule has 0 aliphatic carbocycles. The summed E-state index contributed by atoms with van der Waals surface area (Å²) in [5.41, 5.74) is 2.00. The molecule has 0 radical (unpaired) electrons. The largest absolute Gasteiger partial charge is 0.380 e. The highest BCUT2D eigenvalue weighted by Crippen LogP contribution is 2.32. The van der Waals surface area contributed by atoms with E-state index in [2.05, 4.69) is 49.2 Å². The molecule has 1 nitrogen and oxygen atoms in total. The van der Waals surface area contributed by atoms with Crippen LogP contribution in [0.15, 0.2) is 36.4 Å². The van der Waals surface area contributed by atoms with Crippen molar-refractivity contribution < 1.29 is 0 Å². The first-order valence-corrected chi connectivity index (χ1v) is 11.4. The van der Waals surface area contributed by atoms with Gasteiger partial charge in [-0.3, -0.25) is 0 Å². The second-order valence-electron chi connectivity index (χ2n) is 6.05. The average molecular weight is 359 g/mol. The molecular formula is C16H18Cl3NSi. The molecule has 5 heteroatoms. The first-order valence-electron chi connectivity index (χ1n) is 6.75. The molecule has 0 saturated carbocycles. The number of benzene rings is 2. The third kappa shape index (κ3) is 4.40. The van der Waals surface area contributed by atoms with E-state index < -0.39 is 8.07 Å². The van der Waals surface area contributed by atoms with Crippen molar-refractivity contribution in [2.75, 3.05) is 5.32 Å². The van der Waals surface area contributed by atoms with Gasteiger partial charge in [0.05, 0.1) is 28.8 Å². The van der Waals surface area contributed by atoms with E-state index in [9.17, 15) is 0 Å². The van der Waals surface area contributed by atoms with Crippen LogP contribution in [0.2, 0.25) is 34.7 Å². The fourth-order valence-corrected chi connectivity index (χ4v) is 3.76. The van der Waals surface area contributed by atoms with Gasteiger partial charge in [-0.2, -0.15) is 0 Å². The van der Waals surface area contributed by atoms with Gasteiger partial charge in [-0.15, -0.1) is 0 Å². The van der Waals surface area contributed by atoms with E-state index in [1.54, 1.807) is 12.1 Å². The summed E-state index contributed by atoms with van der Waals surface area (Å²) in [6.07, 6.45) is 0. The van der Waals surface area contributed by atoms with Gasteiger partial charge in [0, 0.05) is 6.54 Å². The molecule has 112 valence electrons. The Morgan fingerprint density at radius 2 is 1.43 bits per heavy atom.